The molecule has 0 bridgehead atoms. The van der Waals surface area contributed by atoms with E-state index in [2.05, 4.69) is 5.32 Å². The number of carbonyl (C=O) groups is 1. The summed E-state index contributed by atoms with van der Waals surface area (Å²) in [5, 5.41) is 4.07. The lowest BCUT2D eigenvalue weighted by Gasteiger charge is -2.15. The summed E-state index contributed by atoms with van der Waals surface area (Å²) < 4.78 is 10.8. The van der Waals surface area contributed by atoms with Gasteiger partial charge in [0.25, 0.3) is 0 Å². The molecule has 2 rings (SSSR count). The number of benzene rings is 2. The molecule has 0 unspecified atom stereocenters. The third-order valence-corrected chi connectivity index (χ3v) is 4.34. The van der Waals surface area contributed by atoms with Crippen molar-refractivity contribution in [3.63, 3.8) is 0 Å². The molecule has 0 aliphatic heterocycles. The molecule has 25 heavy (non-hydrogen) atoms. The zero-order chi connectivity index (χ0) is 18.2. The van der Waals surface area contributed by atoms with Crippen molar-refractivity contribution in [3.05, 3.63) is 58.1 Å². The summed E-state index contributed by atoms with van der Waals surface area (Å²) in [5.74, 6) is 1.43. The van der Waals surface area contributed by atoms with Gasteiger partial charge in [-0.05, 0) is 55.3 Å². The molecule has 6 heteroatoms. The first-order valence-corrected chi connectivity index (χ1v) is 8.74. The lowest BCUT2D eigenvalue weighted by atomic mass is 10.1. The van der Waals surface area contributed by atoms with E-state index in [1.54, 1.807) is 25.3 Å². The number of ether oxygens (including phenoxy) is 2. The van der Waals surface area contributed by atoms with Gasteiger partial charge in [0.05, 0.1) is 13.2 Å². The summed E-state index contributed by atoms with van der Waals surface area (Å²) in [5.41, 5.74) is 0.795. The minimum atomic E-state index is -0.115. The van der Waals surface area contributed by atoms with E-state index in [0.29, 0.717) is 29.5 Å². The average Bonchev–Trinajstić information content (AvgIpc) is 2.60. The quantitative estimate of drug-likeness (QED) is 0.730. The van der Waals surface area contributed by atoms with Gasteiger partial charge in [0.1, 0.15) is 18.1 Å². The predicted molar refractivity (Wildman–Crippen MR) is 101 cm³/mol. The standard InChI is InChI=1S/C19H21Cl2NO3/c1-13(12-25-15-8-6-14(24-2)7-9-15)22-19(23)11-10-16-17(20)4-3-5-18(16)21/h3-9,13H,10-12H2,1-2H3,(H,22,23)/t13-/m0/s1. The highest BCUT2D eigenvalue weighted by atomic mass is 35.5. The van der Waals surface area contributed by atoms with Crippen molar-refractivity contribution in [2.45, 2.75) is 25.8 Å². The fraction of sp³-hybridized carbons (Fsp3) is 0.316. The van der Waals surface area contributed by atoms with E-state index in [4.69, 9.17) is 32.7 Å². The molecule has 0 fully saturated rings. The second-order valence-electron chi connectivity index (χ2n) is 5.66. The third kappa shape index (κ3) is 6.15. The molecule has 2 aromatic carbocycles. The van der Waals surface area contributed by atoms with Crippen LogP contribution in [0, 0.1) is 0 Å². The summed E-state index contributed by atoms with van der Waals surface area (Å²) in [4.78, 5) is 12.1. The Labute approximate surface area is 158 Å². The Morgan fingerprint density at radius 1 is 1.08 bits per heavy atom. The van der Waals surface area contributed by atoms with Crippen molar-refractivity contribution >= 4 is 29.1 Å². The van der Waals surface area contributed by atoms with Crippen LogP contribution in [0.4, 0.5) is 0 Å². The van der Waals surface area contributed by atoms with Crippen molar-refractivity contribution in [2.24, 2.45) is 0 Å². The maximum Gasteiger partial charge on any atom is 0.220 e. The molecule has 134 valence electrons. The highest BCUT2D eigenvalue weighted by molar-refractivity contribution is 6.36. The summed E-state index contributed by atoms with van der Waals surface area (Å²) in [7, 11) is 1.61. The number of rotatable bonds is 8. The molecule has 0 aromatic heterocycles. The molecule has 1 atom stereocenters. The second kappa shape index (κ2) is 9.54. The molecule has 0 aliphatic rings. The summed E-state index contributed by atoms with van der Waals surface area (Å²) in [6, 6.07) is 12.5. The van der Waals surface area contributed by atoms with Crippen LogP contribution in [0.2, 0.25) is 10.0 Å². The average molecular weight is 382 g/mol. The van der Waals surface area contributed by atoms with E-state index in [9.17, 15) is 4.79 Å². The van der Waals surface area contributed by atoms with Gasteiger partial charge in [0.15, 0.2) is 0 Å². The van der Waals surface area contributed by atoms with Crippen LogP contribution in [0.3, 0.4) is 0 Å². The number of carbonyl (C=O) groups excluding carboxylic acids is 1. The lowest BCUT2D eigenvalue weighted by Crippen LogP contribution is -2.36. The first-order valence-electron chi connectivity index (χ1n) is 7.98. The predicted octanol–water partition coefficient (Wildman–Crippen LogP) is 4.52. The van der Waals surface area contributed by atoms with Crippen LogP contribution in [-0.4, -0.2) is 25.7 Å². The van der Waals surface area contributed by atoms with Crippen molar-refractivity contribution < 1.29 is 14.3 Å². The number of methoxy groups -OCH3 is 1. The van der Waals surface area contributed by atoms with Crippen molar-refractivity contribution in [2.75, 3.05) is 13.7 Å². The van der Waals surface area contributed by atoms with E-state index < -0.39 is 0 Å². The molecule has 0 saturated carbocycles. The molecule has 0 heterocycles. The topological polar surface area (TPSA) is 47.6 Å². The first kappa shape index (κ1) is 19.4. The van der Waals surface area contributed by atoms with Crippen LogP contribution < -0.4 is 14.8 Å². The second-order valence-corrected chi connectivity index (χ2v) is 6.47. The highest BCUT2D eigenvalue weighted by Crippen LogP contribution is 2.25. The molecule has 0 aliphatic carbocycles. The van der Waals surface area contributed by atoms with Crippen LogP contribution in [0.5, 0.6) is 11.5 Å². The largest absolute Gasteiger partial charge is 0.497 e. The van der Waals surface area contributed by atoms with Gasteiger partial charge in [-0.25, -0.2) is 0 Å². The van der Waals surface area contributed by atoms with Crippen LogP contribution >= 0.6 is 23.2 Å². The van der Waals surface area contributed by atoms with Gasteiger partial charge in [-0.2, -0.15) is 0 Å². The smallest absolute Gasteiger partial charge is 0.220 e. The van der Waals surface area contributed by atoms with E-state index in [0.717, 1.165) is 17.1 Å². The van der Waals surface area contributed by atoms with Gasteiger partial charge in [-0.15, -0.1) is 0 Å². The monoisotopic (exact) mass is 381 g/mol. The Hall–Kier alpha value is -1.91. The number of hydrogen-bond donors (Lipinski definition) is 1. The first-order chi connectivity index (χ1) is 12.0. The zero-order valence-electron chi connectivity index (χ0n) is 14.2. The van der Waals surface area contributed by atoms with Gasteiger partial charge in [0, 0.05) is 16.5 Å². The fourth-order valence-corrected chi connectivity index (χ4v) is 2.88. The summed E-state index contributed by atoms with van der Waals surface area (Å²) in [6.45, 7) is 2.27. The molecule has 2 aromatic rings. The van der Waals surface area contributed by atoms with Crippen LogP contribution in [0.15, 0.2) is 42.5 Å². The molecule has 0 radical (unpaired) electrons. The van der Waals surface area contributed by atoms with Crippen molar-refractivity contribution in [3.8, 4) is 11.5 Å². The highest BCUT2D eigenvalue weighted by Gasteiger charge is 2.11. The van der Waals surface area contributed by atoms with Crippen LogP contribution in [0.25, 0.3) is 0 Å². The van der Waals surface area contributed by atoms with Gasteiger partial charge < -0.3 is 14.8 Å². The van der Waals surface area contributed by atoms with Crippen LogP contribution in [0.1, 0.15) is 18.9 Å². The van der Waals surface area contributed by atoms with Crippen LogP contribution in [-0.2, 0) is 11.2 Å². The van der Waals surface area contributed by atoms with E-state index >= 15 is 0 Å². The molecule has 1 amide bonds. The maximum atomic E-state index is 12.1. The van der Waals surface area contributed by atoms with Gasteiger partial charge in [-0.3, -0.25) is 4.79 Å². The lowest BCUT2D eigenvalue weighted by molar-refractivity contribution is -0.121. The molecule has 0 saturated heterocycles. The Morgan fingerprint density at radius 3 is 2.28 bits per heavy atom. The zero-order valence-corrected chi connectivity index (χ0v) is 15.7. The van der Waals surface area contributed by atoms with E-state index in [1.807, 2.05) is 31.2 Å². The van der Waals surface area contributed by atoms with Gasteiger partial charge in [-0.1, -0.05) is 29.3 Å². The number of halogens is 2. The van der Waals surface area contributed by atoms with Gasteiger partial charge >= 0.3 is 0 Å². The van der Waals surface area contributed by atoms with Crippen molar-refractivity contribution in [1.82, 2.24) is 5.32 Å². The summed E-state index contributed by atoms with van der Waals surface area (Å²) >= 11 is 12.2. The number of amides is 1. The van der Waals surface area contributed by atoms with E-state index in [-0.39, 0.29) is 11.9 Å². The maximum absolute atomic E-state index is 12.1. The molecular weight excluding hydrogens is 361 g/mol. The fourth-order valence-electron chi connectivity index (χ4n) is 2.29. The minimum absolute atomic E-state index is 0.0678. The number of hydrogen-bond acceptors (Lipinski definition) is 3. The molecular formula is C19H21Cl2NO3. The Bertz CT molecular complexity index is 684. The van der Waals surface area contributed by atoms with E-state index in [1.165, 1.54) is 0 Å². The normalized spacial score (nSPS) is 11.7. The van der Waals surface area contributed by atoms with Gasteiger partial charge in [0.2, 0.25) is 5.91 Å². The van der Waals surface area contributed by atoms with Crippen molar-refractivity contribution in [1.29, 1.82) is 0 Å². The Kier molecular flexibility index (Phi) is 7.41. The molecule has 4 nitrogen and oxygen atoms in total. The Morgan fingerprint density at radius 2 is 1.68 bits per heavy atom. The third-order valence-electron chi connectivity index (χ3n) is 3.63. The SMILES string of the molecule is COc1ccc(OC[C@H](C)NC(=O)CCc2c(Cl)cccc2Cl)cc1. The minimum Gasteiger partial charge on any atom is -0.497 e. The number of nitrogens with one attached hydrogen (secondary N) is 1. The summed E-state index contributed by atoms with van der Waals surface area (Å²) in [6.07, 6.45) is 0.812. The molecule has 1 N–H and O–H groups in total. The Balaban J connectivity index is 1.75. The molecule has 0 spiro atoms.